The van der Waals surface area contributed by atoms with Crippen LogP contribution in [-0.4, -0.2) is 25.8 Å². The fraction of sp³-hybridized carbons (Fsp3) is 0.222. The standard InChI is InChI=1S/C27H26N2O2/c30-27(29-15-6-9-19-7-5-8-20-17-28-16-14-21(19)20)31-18-26-24-12-3-1-10-22(24)23-11-2-4-13-25(23)26/h1-13,26,28H,14-18H2,(H,29,30). The number of ether oxygens (including phenoxy) is 1. The molecule has 2 aliphatic rings. The Labute approximate surface area is 183 Å². The second-order valence-electron chi connectivity index (χ2n) is 8.02. The van der Waals surface area contributed by atoms with Crippen molar-refractivity contribution in [3.8, 4) is 11.1 Å². The minimum atomic E-state index is -0.384. The van der Waals surface area contributed by atoms with Crippen molar-refractivity contribution in [1.29, 1.82) is 0 Å². The Kier molecular flexibility index (Phi) is 5.55. The van der Waals surface area contributed by atoms with Crippen molar-refractivity contribution < 1.29 is 9.53 Å². The second kappa shape index (κ2) is 8.78. The van der Waals surface area contributed by atoms with Gasteiger partial charge in [0.2, 0.25) is 0 Å². The number of nitrogens with one attached hydrogen (secondary N) is 2. The van der Waals surface area contributed by atoms with Gasteiger partial charge in [0, 0.05) is 19.0 Å². The maximum atomic E-state index is 12.3. The molecule has 1 heterocycles. The molecule has 3 aromatic rings. The molecule has 4 nitrogen and oxygen atoms in total. The summed E-state index contributed by atoms with van der Waals surface area (Å²) < 4.78 is 5.59. The van der Waals surface area contributed by atoms with Crippen LogP contribution in [0.25, 0.3) is 17.2 Å². The van der Waals surface area contributed by atoms with Crippen LogP contribution < -0.4 is 10.6 Å². The Bertz CT molecular complexity index is 1090. The highest BCUT2D eigenvalue weighted by atomic mass is 16.5. The summed E-state index contributed by atoms with van der Waals surface area (Å²) >= 11 is 0. The molecule has 0 atom stereocenters. The molecule has 0 bridgehead atoms. The Morgan fingerprint density at radius 3 is 2.52 bits per heavy atom. The van der Waals surface area contributed by atoms with Crippen molar-refractivity contribution in [2.45, 2.75) is 18.9 Å². The van der Waals surface area contributed by atoms with Gasteiger partial charge in [0.25, 0.3) is 0 Å². The Morgan fingerprint density at radius 2 is 1.74 bits per heavy atom. The number of rotatable bonds is 5. The Hall–Kier alpha value is -3.37. The third kappa shape index (κ3) is 3.99. The fourth-order valence-electron chi connectivity index (χ4n) is 4.70. The van der Waals surface area contributed by atoms with Crippen molar-refractivity contribution >= 4 is 12.2 Å². The predicted octanol–water partition coefficient (Wildman–Crippen LogP) is 4.88. The van der Waals surface area contributed by atoms with Crippen LogP contribution in [-0.2, 0) is 17.7 Å². The molecule has 1 aliphatic heterocycles. The SMILES string of the molecule is O=C(NCC=Cc1cccc2c1CCNC2)OCC1c2ccccc2-c2ccccc21. The number of hydrogen-bond donors (Lipinski definition) is 2. The van der Waals surface area contributed by atoms with Crippen LogP contribution in [0, 0.1) is 0 Å². The summed E-state index contributed by atoms with van der Waals surface area (Å²) in [5.41, 5.74) is 8.90. The highest BCUT2D eigenvalue weighted by Crippen LogP contribution is 2.44. The quantitative estimate of drug-likeness (QED) is 0.630. The summed E-state index contributed by atoms with van der Waals surface area (Å²) in [4.78, 5) is 12.3. The van der Waals surface area contributed by atoms with E-state index in [2.05, 4.69) is 71.3 Å². The number of carbonyl (C=O) groups excluding carboxylic acids is 1. The van der Waals surface area contributed by atoms with E-state index >= 15 is 0 Å². The summed E-state index contributed by atoms with van der Waals surface area (Å²) in [6.45, 7) is 2.71. The summed E-state index contributed by atoms with van der Waals surface area (Å²) in [7, 11) is 0. The van der Waals surface area contributed by atoms with Crippen molar-refractivity contribution in [3.05, 3.63) is 101 Å². The zero-order valence-corrected chi connectivity index (χ0v) is 17.4. The number of hydrogen-bond acceptors (Lipinski definition) is 3. The highest BCUT2D eigenvalue weighted by molar-refractivity contribution is 5.79. The van der Waals surface area contributed by atoms with Crippen LogP contribution in [0.3, 0.4) is 0 Å². The molecule has 0 aromatic heterocycles. The van der Waals surface area contributed by atoms with Gasteiger partial charge in [0.05, 0.1) is 0 Å². The van der Waals surface area contributed by atoms with E-state index < -0.39 is 0 Å². The molecule has 0 fully saturated rings. The first kappa shape index (κ1) is 19.6. The zero-order chi connectivity index (χ0) is 21.0. The zero-order valence-electron chi connectivity index (χ0n) is 17.4. The Morgan fingerprint density at radius 1 is 1.00 bits per heavy atom. The van der Waals surface area contributed by atoms with E-state index in [1.54, 1.807) is 0 Å². The molecule has 0 spiro atoms. The van der Waals surface area contributed by atoms with Crippen LogP contribution in [0.1, 0.15) is 33.7 Å². The molecule has 156 valence electrons. The molecule has 2 N–H and O–H groups in total. The molecular formula is C27H26N2O2. The van der Waals surface area contributed by atoms with Crippen LogP contribution in [0.15, 0.2) is 72.8 Å². The molecule has 31 heavy (non-hydrogen) atoms. The Balaban J connectivity index is 1.18. The minimum Gasteiger partial charge on any atom is -0.449 e. The smallest absolute Gasteiger partial charge is 0.407 e. The van der Waals surface area contributed by atoms with E-state index in [9.17, 15) is 4.79 Å². The van der Waals surface area contributed by atoms with Crippen molar-refractivity contribution in [1.82, 2.24) is 10.6 Å². The largest absolute Gasteiger partial charge is 0.449 e. The number of fused-ring (bicyclic) bond motifs is 4. The molecule has 3 aromatic carbocycles. The van der Waals surface area contributed by atoms with Crippen LogP contribution in [0.4, 0.5) is 4.79 Å². The van der Waals surface area contributed by atoms with Gasteiger partial charge in [0.1, 0.15) is 6.61 Å². The van der Waals surface area contributed by atoms with Gasteiger partial charge >= 0.3 is 6.09 Å². The predicted molar refractivity (Wildman–Crippen MR) is 124 cm³/mol. The van der Waals surface area contributed by atoms with Crippen LogP contribution in [0.2, 0.25) is 0 Å². The molecule has 4 heteroatoms. The van der Waals surface area contributed by atoms with E-state index in [0.717, 1.165) is 19.5 Å². The van der Waals surface area contributed by atoms with Crippen LogP contribution in [0.5, 0.6) is 0 Å². The third-order valence-electron chi connectivity index (χ3n) is 6.18. The first-order chi connectivity index (χ1) is 15.3. The maximum Gasteiger partial charge on any atom is 0.407 e. The summed E-state index contributed by atoms with van der Waals surface area (Å²) in [5.74, 6) is 0.0816. The minimum absolute atomic E-state index is 0.0816. The van der Waals surface area contributed by atoms with Crippen molar-refractivity contribution in [2.24, 2.45) is 0 Å². The van der Waals surface area contributed by atoms with Gasteiger partial charge in [-0.05, 0) is 51.9 Å². The molecule has 1 amide bonds. The van der Waals surface area contributed by atoms with Gasteiger partial charge in [-0.3, -0.25) is 0 Å². The highest BCUT2D eigenvalue weighted by Gasteiger charge is 2.28. The van der Waals surface area contributed by atoms with Gasteiger partial charge < -0.3 is 15.4 Å². The van der Waals surface area contributed by atoms with Gasteiger partial charge in [-0.15, -0.1) is 0 Å². The van der Waals surface area contributed by atoms with Crippen molar-refractivity contribution in [2.75, 3.05) is 19.7 Å². The second-order valence-corrected chi connectivity index (χ2v) is 8.02. The molecule has 0 saturated carbocycles. The lowest BCUT2D eigenvalue weighted by Gasteiger charge is -2.19. The van der Waals surface area contributed by atoms with Gasteiger partial charge in [-0.25, -0.2) is 4.79 Å². The van der Waals surface area contributed by atoms with Crippen LogP contribution >= 0.6 is 0 Å². The lowest BCUT2D eigenvalue weighted by molar-refractivity contribution is 0.144. The number of alkyl carbamates (subject to hydrolysis) is 1. The van der Waals surface area contributed by atoms with E-state index in [0.29, 0.717) is 13.2 Å². The molecule has 5 rings (SSSR count). The number of carbonyl (C=O) groups is 1. The summed E-state index contributed by atoms with van der Waals surface area (Å²) in [6, 6.07) is 23.1. The molecule has 0 saturated heterocycles. The monoisotopic (exact) mass is 410 g/mol. The number of amides is 1. The lowest BCUT2D eigenvalue weighted by atomic mass is 9.95. The maximum absolute atomic E-state index is 12.3. The summed E-state index contributed by atoms with van der Waals surface area (Å²) in [6.07, 6.45) is 4.73. The van der Waals surface area contributed by atoms with E-state index in [1.165, 1.54) is 38.9 Å². The van der Waals surface area contributed by atoms with Crippen molar-refractivity contribution in [3.63, 3.8) is 0 Å². The first-order valence-corrected chi connectivity index (χ1v) is 10.9. The van der Waals surface area contributed by atoms with Gasteiger partial charge in [-0.2, -0.15) is 0 Å². The van der Waals surface area contributed by atoms with E-state index in [4.69, 9.17) is 4.74 Å². The normalized spacial score (nSPS) is 14.7. The third-order valence-corrected chi connectivity index (χ3v) is 6.18. The summed E-state index contributed by atoms with van der Waals surface area (Å²) in [5, 5.41) is 6.25. The lowest BCUT2D eigenvalue weighted by Crippen LogP contribution is -2.26. The molecule has 0 radical (unpaired) electrons. The fourth-order valence-corrected chi connectivity index (χ4v) is 4.70. The molecule has 1 aliphatic carbocycles. The topological polar surface area (TPSA) is 50.4 Å². The van der Waals surface area contributed by atoms with Gasteiger partial charge in [-0.1, -0.05) is 78.9 Å². The average Bonchev–Trinajstić information content (AvgIpc) is 3.14. The van der Waals surface area contributed by atoms with E-state index in [-0.39, 0.29) is 12.0 Å². The molecular weight excluding hydrogens is 384 g/mol. The molecule has 0 unspecified atom stereocenters. The van der Waals surface area contributed by atoms with E-state index in [1.807, 2.05) is 18.2 Å². The number of benzene rings is 3. The van der Waals surface area contributed by atoms with Gasteiger partial charge in [0.15, 0.2) is 0 Å². The average molecular weight is 411 g/mol. The first-order valence-electron chi connectivity index (χ1n) is 10.9.